The number of aliphatic carboxylic acids is 1. The second-order valence-corrected chi connectivity index (χ2v) is 17.0. The lowest BCUT2D eigenvalue weighted by Gasteiger charge is -2.38. The van der Waals surface area contributed by atoms with Gasteiger partial charge in [-0.2, -0.15) is 0 Å². The van der Waals surface area contributed by atoms with Crippen molar-refractivity contribution in [1.29, 1.82) is 0 Å². The number of carboxylic acids is 1. The lowest BCUT2D eigenvalue weighted by atomic mass is 9.99. The monoisotopic (exact) mass is 841 g/mol. The van der Waals surface area contributed by atoms with Crippen molar-refractivity contribution in [3.8, 4) is 0 Å². The Morgan fingerprint density at radius 2 is 0.898 bits per heavy atom. The minimum Gasteiger partial charge on any atom is -0.479 e. The molecule has 0 saturated carbocycles. The number of rotatable bonds is 41. The Hall–Kier alpha value is -2.05. The predicted octanol–water partition coefficient (Wildman–Crippen LogP) is 10.8. The van der Waals surface area contributed by atoms with Crippen LogP contribution < -0.4 is 0 Å². The summed E-state index contributed by atoms with van der Waals surface area (Å²) in [6.07, 6.45) is 32.6. The topological polar surface area (TPSA) is 169 Å². The summed E-state index contributed by atoms with van der Waals surface area (Å²) in [6, 6.07) is 0. The van der Waals surface area contributed by atoms with E-state index in [0.717, 1.165) is 38.5 Å². The van der Waals surface area contributed by atoms with E-state index in [2.05, 4.69) is 26.0 Å². The summed E-state index contributed by atoms with van der Waals surface area (Å²) in [5.74, 6) is -2.43. The van der Waals surface area contributed by atoms with E-state index in [1.54, 1.807) is 0 Å². The fourth-order valence-corrected chi connectivity index (χ4v) is 7.52. The highest BCUT2D eigenvalue weighted by molar-refractivity contribution is 5.73. The van der Waals surface area contributed by atoms with E-state index >= 15 is 0 Å². The fraction of sp³-hybridized carbons (Fsp3) is 0.896. The van der Waals surface area contributed by atoms with Crippen LogP contribution in [0, 0.1) is 0 Å². The molecule has 1 fully saturated rings. The summed E-state index contributed by atoms with van der Waals surface area (Å²) in [5.41, 5.74) is 0. The predicted molar refractivity (Wildman–Crippen MR) is 234 cm³/mol. The van der Waals surface area contributed by atoms with Gasteiger partial charge in [-0.3, -0.25) is 9.59 Å². The van der Waals surface area contributed by atoms with Gasteiger partial charge in [0.05, 0.1) is 6.61 Å². The summed E-state index contributed by atoms with van der Waals surface area (Å²) in [7, 11) is 0. The highest BCUT2D eigenvalue weighted by Gasteiger charge is 2.47. The number of aliphatic hydroxyl groups is 3. The Morgan fingerprint density at radius 1 is 0.508 bits per heavy atom. The average molecular weight is 841 g/mol. The minimum atomic E-state index is -1.86. The molecule has 0 aromatic carbocycles. The molecule has 0 aromatic rings. The molecular formula is C48H88O11. The lowest BCUT2D eigenvalue weighted by Crippen LogP contribution is -2.60. The number of allylic oxidation sites excluding steroid dienone is 2. The van der Waals surface area contributed by atoms with Crippen molar-refractivity contribution < 1.29 is 53.8 Å². The Bertz CT molecular complexity index is 1040. The SMILES string of the molecule is CCCCCCCC/C=C\CCCCCCCCCCCC(=O)OCC(COC1OC(C(=O)O)C(O)C(O)C1O)OC(=O)CCCCCCCCCCCCCCCC. The minimum absolute atomic E-state index is 0.188. The van der Waals surface area contributed by atoms with Crippen molar-refractivity contribution in [2.75, 3.05) is 13.2 Å². The Kier molecular flexibility index (Phi) is 36.2. The number of carbonyl (C=O) groups is 3. The first-order valence-electron chi connectivity index (χ1n) is 24.2. The molecule has 6 atom stereocenters. The lowest BCUT2D eigenvalue weighted by molar-refractivity contribution is -0.298. The molecule has 0 spiro atoms. The number of unbranched alkanes of at least 4 members (excludes halogenated alkanes) is 28. The Labute approximate surface area is 358 Å². The first kappa shape index (κ1) is 55.0. The molecule has 1 rings (SSSR count). The summed E-state index contributed by atoms with van der Waals surface area (Å²) >= 11 is 0. The van der Waals surface area contributed by atoms with Gasteiger partial charge in [-0.05, 0) is 38.5 Å². The molecule has 0 aliphatic carbocycles. The van der Waals surface area contributed by atoms with Crippen LogP contribution >= 0.6 is 0 Å². The van der Waals surface area contributed by atoms with E-state index < -0.39 is 54.7 Å². The van der Waals surface area contributed by atoms with Crippen molar-refractivity contribution in [2.45, 2.75) is 263 Å². The molecule has 11 heteroatoms. The van der Waals surface area contributed by atoms with Gasteiger partial charge in [0.25, 0.3) is 0 Å². The molecule has 0 radical (unpaired) electrons. The van der Waals surface area contributed by atoms with Crippen molar-refractivity contribution in [2.24, 2.45) is 0 Å². The standard InChI is InChI=1S/C48H88O11/c1-3-5-7-9-11-13-15-17-19-20-21-22-23-25-26-28-30-32-34-36-41(49)56-38-40(39-57-48-45(53)43(51)44(52)46(59-48)47(54)55)58-42(50)37-35-33-31-29-27-24-18-16-14-12-10-8-6-4-2/h17,19,40,43-46,48,51-53H,3-16,18,20-39H2,1-2H3,(H,54,55)/b19-17-. The van der Waals surface area contributed by atoms with Crippen LogP contribution in [0.1, 0.15) is 226 Å². The zero-order valence-electron chi connectivity index (χ0n) is 37.5. The van der Waals surface area contributed by atoms with Crippen molar-refractivity contribution >= 4 is 17.9 Å². The van der Waals surface area contributed by atoms with Crippen molar-refractivity contribution in [3.05, 3.63) is 12.2 Å². The number of esters is 2. The summed E-state index contributed by atoms with van der Waals surface area (Å²) in [6.45, 7) is 3.83. The van der Waals surface area contributed by atoms with Crippen LogP contribution in [0.4, 0.5) is 0 Å². The largest absolute Gasteiger partial charge is 0.479 e. The number of aliphatic hydroxyl groups excluding tert-OH is 3. The molecule has 1 saturated heterocycles. The molecule has 0 aromatic heterocycles. The maximum absolute atomic E-state index is 12.8. The molecule has 1 aliphatic rings. The Morgan fingerprint density at radius 3 is 1.32 bits per heavy atom. The fourth-order valence-electron chi connectivity index (χ4n) is 7.52. The first-order valence-corrected chi connectivity index (χ1v) is 24.2. The third-order valence-electron chi connectivity index (χ3n) is 11.4. The molecular weight excluding hydrogens is 753 g/mol. The van der Waals surface area contributed by atoms with E-state index in [1.165, 1.54) is 148 Å². The van der Waals surface area contributed by atoms with E-state index in [9.17, 15) is 34.8 Å². The normalized spacial score (nSPS) is 19.9. The maximum Gasteiger partial charge on any atom is 0.335 e. The highest BCUT2D eigenvalue weighted by Crippen LogP contribution is 2.23. The van der Waals surface area contributed by atoms with E-state index in [1.807, 2.05) is 0 Å². The number of carboxylic acid groups (broad SMARTS) is 1. The summed E-state index contributed by atoms with van der Waals surface area (Å²) in [5, 5.41) is 39.8. The molecule has 4 N–H and O–H groups in total. The number of hydrogen-bond donors (Lipinski definition) is 4. The van der Waals surface area contributed by atoms with Crippen LogP contribution in [0.5, 0.6) is 0 Å². The zero-order valence-corrected chi connectivity index (χ0v) is 37.5. The highest BCUT2D eigenvalue weighted by atomic mass is 16.7. The molecule has 0 amide bonds. The molecule has 11 nitrogen and oxygen atoms in total. The second-order valence-electron chi connectivity index (χ2n) is 17.0. The van der Waals surface area contributed by atoms with Crippen LogP contribution in [0.2, 0.25) is 0 Å². The van der Waals surface area contributed by atoms with Gasteiger partial charge in [0.2, 0.25) is 0 Å². The van der Waals surface area contributed by atoms with Crippen molar-refractivity contribution in [1.82, 2.24) is 0 Å². The van der Waals surface area contributed by atoms with Gasteiger partial charge in [0.1, 0.15) is 24.9 Å². The molecule has 1 heterocycles. The number of ether oxygens (including phenoxy) is 4. The van der Waals surface area contributed by atoms with Crippen LogP contribution in [-0.2, 0) is 33.3 Å². The van der Waals surface area contributed by atoms with Gasteiger partial charge < -0.3 is 39.4 Å². The van der Waals surface area contributed by atoms with Gasteiger partial charge in [-0.25, -0.2) is 4.79 Å². The van der Waals surface area contributed by atoms with E-state index in [0.29, 0.717) is 12.8 Å². The zero-order chi connectivity index (χ0) is 43.2. The molecule has 6 unspecified atom stereocenters. The van der Waals surface area contributed by atoms with Crippen LogP contribution in [0.25, 0.3) is 0 Å². The van der Waals surface area contributed by atoms with E-state index in [-0.39, 0.29) is 26.1 Å². The number of carbonyl (C=O) groups excluding carboxylic acids is 2. The third-order valence-corrected chi connectivity index (χ3v) is 11.4. The summed E-state index contributed by atoms with van der Waals surface area (Å²) in [4.78, 5) is 36.9. The van der Waals surface area contributed by atoms with Gasteiger partial charge in [-0.1, -0.05) is 187 Å². The molecule has 1 aliphatic heterocycles. The quantitative estimate of drug-likeness (QED) is 0.0263. The van der Waals surface area contributed by atoms with Crippen LogP contribution in [-0.4, -0.2) is 88.4 Å². The van der Waals surface area contributed by atoms with Gasteiger partial charge >= 0.3 is 17.9 Å². The second kappa shape index (κ2) is 38.8. The van der Waals surface area contributed by atoms with Crippen molar-refractivity contribution in [3.63, 3.8) is 0 Å². The maximum atomic E-state index is 12.8. The average Bonchev–Trinajstić information content (AvgIpc) is 3.22. The third kappa shape index (κ3) is 30.6. The van der Waals surface area contributed by atoms with Gasteiger partial charge in [-0.15, -0.1) is 0 Å². The van der Waals surface area contributed by atoms with E-state index in [4.69, 9.17) is 18.9 Å². The van der Waals surface area contributed by atoms with Crippen LogP contribution in [0.3, 0.4) is 0 Å². The molecule has 346 valence electrons. The van der Waals surface area contributed by atoms with Crippen LogP contribution in [0.15, 0.2) is 12.2 Å². The van der Waals surface area contributed by atoms with Gasteiger partial charge in [0, 0.05) is 12.8 Å². The summed E-state index contributed by atoms with van der Waals surface area (Å²) < 4.78 is 21.8. The first-order chi connectivity index (χ1) is 28.7. The smallest absolute Gasteiger partial charge is 0.335 e. The van der Waals surface area contributed by atoms with Gasteiger partial charge in [0.15, 0.2) is 18.5 Å². The number of hydrogen-bond acceptors (Lipinski definition) is 10. The molecule has 59 heavy (non-hydrogen) atoms. The Balaban J connectivity index is 2.31. The molecule has 0 bridgehead atoms.